The van der Waals surface area contributed by atoms with Crippen molar-refractivity contribution in [3.05, 3.63) is 59.9 Å². The molecule has 0 spiro atoms. The number of rotatable bonds is 3. The molecule has 1 aromatic carbocycles. The highest BCUT2D eigenvalue weighted by atomic mass is 16.3. The van der Waals surface area contributed by atoms with Crippen LogP contribution >= 0.6 is 0 Å². The summed E-state index contributed by atoms with van der Waals surface area (Å²) in [7, 11) is 0. The fourth-order valence-corrected chi connectivity index (χ4v) is 1.49. The van der Waals surface area contributed by atoms with Gasteiger partial charge in [0.05, 0.1) is 5.56 Å². The maximum Gasteiger partial charge on any atom is 0.171 e. The van der Waals surface area contributed by atoms with E-state index in [1.165, 1.54) is 6.07 Å². The number of benzene rings is 1. The van der Waals surface area contributed by atoms with Crippen LogP contribution in [-0.2, 0) is 6.42 Å². The van der Waals surface area contributed by atoms with Gasteiger partial charge in [-0.2, -0.15) is 0 Å². The van der Waals surface area contributed by atoms with Gasteiger partial charge in [-0.1, -0.05) is 18.2 Å². The standard InChI is InChI=1S/C13H11NO2/c15-12-6-2-1-5-11(12)13(16)8-10-4-3-7-14-9-10/h1-7,9,15H,8H2. The molecule has 0 fully saturated rings. The highest BCUT2D eigenvalue weighted by Crippen LogP contribution is 2.17. The monoisotopic (exact) mass is 213 g/mol. The van der Waals surface area contributed by atoms with Crippen molar-refractivity contribution in [2.45, 2.75) is 6.42 Å². The van der Waals surface area contributed by atoms with Gasteiger partial charge in [0.1, 0.15) is 5.75 Å². The fourth-order valence-electron chi connectivity index (χ4n) is 1.49. The largest absolute Gasteiger partial charge is 0.507 e. The second kappa shape index (κ2) is 4.57. The molecule has 0 aliphatic rings. The predicted molar refractivity (Wildman–Crippen MR) is 60.4 cm³/mol. The van der Waals surface area contributed by atoms with Crippen LogP contribution in [0.4, 0.5) is 0 Å². The van der Waals surface area contributed by atoms with Crippen LogP contribution in [0.3, 0.4) is 0 Å². The Morgan fingerprint density at radius 3 is 2.69 bits per heavy atom. The normalized spacial score (nSPS) is 10.0. The van der Waals surface area contributed by atoms with Gasteiger partial charge in [0.2, 0.25) is 0 Å². The summed E-state index contributed by atoms with van der Waals surface area (Å²) in [6, 6.07) is 10.2. The molecule has 0 bridgehead atoms. The van der Waals surface area contributed by atoms with Crippen LogP contribution in [-0.4, -0.2) is 15.9 Å². The summed E-state index contributed by atoms with van der Waals surface area (Å²) < 4.78 is 0. The molecule has 2 aromatic rings. The van der Waals surface area contributed by atoms with Crippen molar-refractivity contribution in [2.75, 3.05) is 0 Å². The first-order chi connectivity index (χ1) is 7.77. The minimum absolute atomic E-state index is 0.0244. The van der Waals surface area contributed by atoms with Crippen molar-refractivity contribution >= 4 is 5.78 Å². The van der Waals surface area contributed by atoms with Gasteiger partial charge in [0.25, 0.3) is 0 Å². The summed E-state index contributed by atoms with van der Waals surface area (Å²) in [4.78, 5) is 15.8. The molecular weight excluding hydrogens is 202 g/mol. The lowest BCUT2D eigenvalue weighted by atomic mass is 10.0. The maximum atomic E-state index is 11.8. The zero-order valence-corrected chi connectivity index (χ0v) is 8.63. The van der Waals surface area contributed by atoms with E-state index >= 15 is 0 Å². The van der Waals surface area contributed by atoms with Crippen LogP contribution < -0.4 is 0 Å². The number of phenols is 1. The van der Waals surface area contributed by atoms with E-state index in [1.54, 1.807) is 36.7 Å². The van der Waals surface area contributed by atoms with Gasteiger partial charge < -0.3 is 5.11 Å². The molecule has 16 heavy (non-hydrogen) atoms. The lowest BCUT2D eigenvalue weighted by molar-refractivity contribution is 0.0990. The minimum Gasteiger partial charge on any atom is -0.507 e. The first kappa shape index (κ1) is 10.4. The Morgan fingerprint density at radius 2 is 2.00 bits per heavy atom. The topological polar surface area (TPSA) is 50.2 Å². The third-order valence-electron chi connectivity index (χ3n) is 2.29. The number of carbonyl (C=O) groups excluding carboxylic acids is 1. The van der Waals surface area contributed by atoms with E-state index < -0.39 is 0 Å². The number of hydrogen-bond acceptors (Lipinski definition) is 3. The smallest absolute Gasteiger partial charge is 0.171 e. The van der Waals surface area contributed by atoms with E-state index in [4.69, 9.17) is 0 Å². The highest BCUT2D eigenvalue weighted by Gasteiger charge is 2.10. The molecule has 1 N–H and O–H groups in total. The summed E-state index contributed by atoms with van der Waals surface area (Å²) in [5.74, 6) is -0.0810. The second-order valence-electron chi connectivity index (χ2n) is 3.48. The third-order valence-corrected chi connectivity index (χ3v) is 2.29. The number of hydrogen-bond donors (Lipinski definition) is 1. The molecule has 0 aliphatic carbocycles. The van der Waals surface area contributed by atoms with Gasteiger partial charge in [0, 0.05) is 18.8 Å². The Hall–Kier alpha value is -2.16. The maximum absolute atomic E-state index is 11.8. The molecule has 0 unspecified atom stereocenters. The van der Waals surface area contributed by atoms with Crippen LogP contribution in [0.25, 0.3) is 0 Å². The molecule has 3 nitrogen and oxygen atoms in total. The number of pyridine rings is 1. The number of ketones is 1. The van der Waals surface area contributed by atoms with E-state index in [1.807, 2.05) is 6.07 Å². The number of aromatic hydroxyl groups is 1. The SMILES string of the molecule is O=C(Cc1cccnc1)c1ccccc1O. The van der Waals surface area contributed by atoms with Gasteiger partial charge in [-0.25, -0.2) is 0 Å². The number of nitrogens with zero attached hydrogens (tertiary/aromatic N) is 1. The lowest BCUT2D eigenvalue weighted by Gasteiger charge is -2.02. The molecule has 80 valence electrons. The van der Waals surface area contributed by atoms with Gasteiger partial charge in [-0.15, -0.1) is 0 Å². The third kappa shape index (κ3) is 2.25. The first-order valence-electron chi connectivity index (χ1n) is 4.97. The van der Waals surface area contributed by atoms with E-state index in [-0.39, 0.29) is 18.0 Å². The Morgan fingerprint density at radius 1 is 1.19 bits per heavy atom. The van der Waals surface area contributed by atoms with Crippen molar-refractivity contribution in [1.29, 1.82) is 0 Å². The first-order valence-corrected chi connectivity index (χ1v) is 4.97. The number of Topliss-reactive ketones (excluding diaryl/α,β-unsaturated/α-hetero) is 1. The fraction of sp³-hybridized carbons (Fsp3) is 0.0769. The molecule has 0 saturated heterocycles. The van der Waals surface area contributed by atoms with E-state index in [9.17, 15) is 9.90 Å². The van der Waals surface area contributed by atoms with Crippen molar-refractivity contribution < 1.29 is 9.90 Å². The van der Waals surface area contributed by atoms with Crippen LogP contribution in [0.1, 0.15) is 15.9 Å². The van der Waals surface area contributed by atoms with Gasteiger partial charge in [-0.05, 0) is 23.8 Å². The Kier molecular flexibility index (Phi) is 2.96. The number of para-hydroxylation sites is 1. The Balaban J connectivity index is 2.19. The molecule has 2 rings (SSSR count). The molecule has 0 saturated carbocycles. The van der Waals surface area contributed by atoms with Gasteiger partial charge in [-0.3, -0.25) is 9.78 Å². The minimum atomic E-state index is -0.105. The van der Waals surface area contributed by atoms with E-state index in [2.05, 4.69) is 4.98 Å². The van der Waals surface area contributed by atoms with Crippen LogP contribution in [0.5, 0.6) is 5.75 Å². The molecular formula is C13H11NO2. The quantitative estimate of drug-likeness (QED) is 0.795. The predicted octanol–water partition coefficient (Wildman–Crippen LogP) is 2.21. The second-order valence-corrected chi connectivity index (χ2v) is 3.48. The van der Waals surface area contributed by atoms with Gasteiger partial charge >= 0.3 is 0 Å². The van der Waals surface area contributed by atoms with Crippen molar-refractivity contribution in [3.63, 3.8) is 0 Å². The summed E-state index contributed by atoms with van der Waals surface area (Å²) in [6.45, 7) is 0. The Bertz CT molecular complexity index is 494. The summed E-state index contributed by atoms with van der Waals surface area (Å²) >= 11 is 0. The lowest BCUT2D eigenvalue weighted by Crippen LogP contribution is -2.03. The van der Waals surface area contributed by atoms with Crippen LogP contribution in [0.15, 0.2) is 48.8 Å². The summed E-state index contributed by atoms with van der Waals surface area (Å²) in [6.07, 6.45) is 3.57. The molecule has 0 amide bonds. The summed E-state index contributed by atoms with van der Waals surface area (Å²) in [5, 5.41) is 9.52. The average Bonchev–Trinajstić information content (AvgIpc) is 2.31. The van der Waals surface area contributed by atoms with E-state index in [0.29, 0.717) is 5.56 Å². The highest BCUT2D eigenvalue weighted by molar-refractivity contribution is 5.99. The van der Waals surface area contributed by atoms with Crippen LogP contribution in [0.2, 0.25) is 0 Å². The Labute approximate surface area is 93.4 Å². The van der Waals surface area contributed by atoms with E-state index in [0.717, 1.165) is 5.56 Å². The molecule has 0 aliphatic heterocycles. The molecule has 0 radical (unpaired) electrons. The molecule has 3 heteroatoms. The molecule has 1 aromatic heterocycles. The zero-order valence-electron chi connectivity index (χ0n) is 8.63. The van der Waals surface area contributed by atoms with Crippen molar-refractivity contribution in [3.8, 4) is 5.75 Å². The van der Waals surface area contributed by atoms with Crippen molar-refractivity contribution in [1.82, 2.24) is 4.98 Å². The number of carbonyl (C=O) groups is 1. The van der Waals surface area contributed by atoms with Crippen LogP contribution in [0, 0.1) is 0 Å². The molecule has 0 atom stereocenters. The molecule has 1 heterocycles. The zero-order chi connectivity index (χ0) is 11.4. The summed E-state index contributed by atoms with van der Waals surface area (Å²) in [5.41, 5.74) is 1.20. The number of phenolic OH excluding ortho intramolecular Hbond substituents is 1. The van der Waals surface area contributed by atoms with Gasteiger partial charge in [0.15, 0.2) is 5.78 Å². The number of aromatic nitrogens is 1. The van der Waals surface area contributed by atoms with Crippen molar-refractivity contribution in [2.24, 2.45) is 0 Å². The average molecular weight is 213 g/mol.